The maximum Gasteiger partial charge on any atom is 0.221 e. The third-order valence-electron chi connectivity index (χ3n) is 4.46. The van der Waals surface area contributed by atoms with Crippen molar-refractivity contribution in [2.45, 2.75) is 33.2 Å². The molecule has 5 heteroatoms. The molecule has 0 saturated carbocycles. The number of nitrogens with zero attached hydrogens (tertiary/aromatic N) is 1. The second kappa shape index (κ2) is 10.4. The standard InChI is InChI=1S/C22H28N2O3/c1-17-8-10-19(11-9-17)16-24(18(2)25)15-13-22(26)23-14-12-20-6-4-5-7-21(20)27-3/h4-11H,12-16H2,1-3H3,(H,23,26). The van der Waals surface area contributed by atoms with Crippen molar-refractivity contribution in [1.29, 1.82) is 0 Å². The van der Waals surface area contributed by atoms with Crippen LogP contribution in [0, 0.1) is 6.92 Å². The summed E-state index contributed by atoms with van der Waals surface area (Å²) in [6, 6.07) is 15.9. The number of hydrogen-bond acceptors (Lipinski definition) is 3. The normalized spacial score (nSPS) is 10.3. The summed E-state index contributed by atoms with van der Waals surface area (Å²) in [6.45, 7) is 5.03. The van der Waals surface area contributed by atoms with E-state index in [2.05, 4.69) is 5.32 Å². The summed E-state index contributed by atoms with van der Waals surface area (Å²) in [7, 11) is 1.64. The molecule has 0 aromatic heterocycles. The lowest BCUT2D eigenvalue weighted by Gasteiger charge is -2.21. The zero-order chi connectivity index (χ0) is 19.6. The molecule has 0 aliphatic rings. The van der Waals surface area contributed by atoms with Gasteiger partial charge in [0.05, 0.1) is 7.11 Å². The number of rotatable bonds is 9. The third kappa shape index (κ3) is 6.77. The molecule has 0 unspecified atom stereocenters. The highest BCUT2D eigenvalue weighted by atomic mass is 16.5. The summed E-state index contributed by atoms with van der Waals surface area (Å²) < 4.78 is 5.32. The first-order valence-electron chi connectivity index (χ1n) is 9.19. The van der Waals surface area contributed by atoms with Gasteiger partial charge < -0.3 is 15.0 Å². The van der Waals surface area contributed by atoms with E-state index in [-0.39, 0.29) is 18.2 Å². The number of benzene rings is 2. The SMILES string of the molecule is COc1ccccc1CCNC(=O)CCN(Cc1ccc(C)cc1)C(C)=O. The van der Waals surface area contributed by atoms with Gasteiger partial charge in [0.15, 0.2) is 0 Å². The molecule has 27 heavy (non-hydrogen) atoms. The number of amides is 2. The van der Waals surface area contributed by atoms with Crippen molar-refractivity contribution in [3.8, 4) is 5.75 Å². The Morgan fingerprint density at radius 2 is 1.78 bits per heavy atom. The number of carbonyl (C=O) groups excluding carboxylic acids is 2. The van der Waals surface area contributed by atoms with Crippen LogP contribution in [0.1, 0.15) is 30.0 Å². The van der Waals surface area contributed by atoms with Crippen molar-refractivity contribution in [3.05, 3.63) is 65.2 Å². The van der Waals surface area contributed by atoms with E-state index >= 15 is 0 Å². The molecule has 1 N–H and O–H groups in total. The van der Waals surface area contributed by atoms with Crippen LogP contribution in [0.4, 0.5) is 0 Å². The van der Waals surface area contributed by atoms with Gasteiger partial charge in [-0.3, -0.25) is 9.59 Å². The molecule has 0 heterocycles. The van der Waals surface area contributed by atoms with Crippen molar-refractivity contribution < 1.29 is 14.3 Å². The Balaban J connectivity index is 1.78. The third-order valence-corrected chi connectivity index (χ3v) is 4.46. The minimum Gasteiger partial charge on any atom is -0.496 e. The summed E-state index contributed by atoms with van der Waals surface area (Å²) in [6.07, 6.45) is 0.993. The molecular formula is C22H28N2O3. The molecule has 2 amide bonds. The first kappa shape index (κ1) is 20.5. The van der Waals surface area contributed by atoms with Gasteiger partial charge in [-0.25, -0.2) is 0 Å². The molecule has 5 nitrogen and oxygen atoms in total. The molecule has 0 radical (unpaired) electrons. The molecule has 2 rings (SSSR count). The van der Waals surface area contributed by atoms with E-state index in [0.717, 1.165) is 16.9 Å². The van der Waals surface area contributed by atoms with Crippen LogP contribution >= 0.6 is 0 Å². The summed E-state index contributed by atoms with van der Waals surface area (Å²) in [4.78, 5) is 25.7. The molecule has 2 aromatic carbocycles. The van der Waals surface area contributed by atoms with Gasteiger partial charge in [-0.2, -0.15) is 0 Å². The highest BCUT2D eigenvalue weighted by Crippen LogP contribution is 2.17. The first-order valence-corrected chi connectivity index (χ1v) is 9.19. The topological polar surface area (TPSA) is 58.6 Å². The highest BCUT2D eigenvalue weighted by molar-refractivity contribution is 5.78. The molecule has 0 spiro atoms. The number of hydrogen-bond donors (Lipinski definition) is 1. The zero-order valence-corrected chi connectivity index (χ0v) is 16.3. The molecule has 144 valence electrons. The van der Waals surface area contributed by atoms with E-state index in [9.17, 15) is 9.59 Å². The predicted octanol–water partition coefficient (Wildman–Crippen LogP) is 3.10. The number of ether oxygens (including phenoxy) is 1. The number of para-hydroxylation sites is 1. The Kier molecular flexibility index (Phi) is 7.86. The van der Waals surface area contributed by atoms with Crippen LogP contribution in [-0.4, -0.2) is 36.9 Å². The van der Waals surface area contributed by atoms with Gasteiger partial charge in [0.1, 0.15) is 5.75 Å². The fraction of sp³-hybridized carbons (Fsp3) is 0.364. The molecule has 0 aliphatic carbocycles. The van der Waals surface area contributed by atoms with Crippen molar-refractivity contribution in [2.75, 3.05) is 20.2 Å². The second-order valence-electron chi connectivity index (χ2n) is 6.59. The molecule has 0 aliphatic heterocycles. The Bertz CT molecular complexity index is 756. The maximum atomic E-state index is 12.1. The van der Waals surface area contributed by atoms with Gasteiger partial charge in [0, 0.05) is 33.0 Å². The van der Waals surface area contributed by atoms with Crippen LogP contribution in [0.3, 0.4) is 0 Å². The predicted molar refractivity (Wildman–Crippen MR) is 107 cm³/mol. The average molecular weight is 368 g/mol. The van der Waals surface area contributed by atoms with Crippen molar-refractivity contribution in [3.63, 3.8) is 0 Å². The largest absolute Gasteiger partial charge is 0.496 e. The molecule has 0 fully saturated rings. The van der Waals surface area contributed by atoms with Crippen LogP contribution in [0.2, 0.25) is 0 Å². The van der Waals surface area contributed by atoms with Gasteiger partial charge in [0.25, 0.3) is 0 Å². The van der Waals surface area contributed by atoms with Gasteiger partial charge in [0.2, 0.25) is 11.8 Å². The monoisotopic (exact) mass is 368 g/mol. The Hall–Kier alpha value is -2.82. The second-order valence-corrected chi connectivity index (χ2v) is 6.59. The van der Waals surface area contributed by atoms with Crippen LogP contribution < -0.4 is 10.1 Å². The van der Waals surface area contributed by atoms with Crippen molar-refractivity contribution in [1.82, 2.24) is 10.2 Å². The zero-order valence-electron chi connectivity index (χ0n) is 16.3. The fourth-order valence-corrected chi connectivity index (χ4v) is 2.83. The van der Waals surface area contributed by atoms with E-state index in [1.165, 1.54) is 12.5 Å². The van der Waals surface area contributed by atoms with E-state index in [1.54, 1.807) is 12.0 Å². The molecule has 0 bridgehead atoms. The number of nitrogens with one attached hydrogen (secondary N) is 1. The van der Waals surface area contributed by atoms with Crippen LogP contribution in [0.5, 0.6) is 5.75 Å². The molecule has 2 aromatic rings. The van der Waals surface area contributed by atoms with Gasteiger partial charge in [-0.1, -0.05) is 48.0 Å². The smallest absolute Gasteiger partial charge is 0.221 e. The molecule has 0 atom stereocenters. The van der Waals surface area contributed by atoms with E-state index in [4.69, 9.17) is 4.74 Å². The summed E-state index contributed by atoms with van der Waals surface area (Å²) in [5, 5.41) is 2.92. The van der Waals surface area contributed by atoms with Crippen LogP contribution in [0.25, 0.3) is 0 Å². The lowest BCUT2D eigenvalue weighted by Crippen LogP contribution is -2.34. The van der Waals surface area contributed by atoms with Gasteiger partial charge in [-0.05, 0) is 30.5 Å². The fourth-order valence-electron chi connectivity index (χ4n) is 2.83. The van der Waals surface area contributed by atoms with E-state index in [1.807, 2.05) is 55.5 Å². The quantitative estimate of drug-likeness (QED) is 0.740. The average Bonchev–Trinajstić information content (AvgIpc) is 2.66. The minimum atomic E-state index is -0.0555. The Morgan fingerprint density at radius 3 is 2.44 bits per heavy atom. The van der Waals surface area contributed by atoms with Gasteiger partial charge >= 0.3 is 0 Å². The highest BCUT2D eigenvalue weighted by Gasteiger charge is 2.12. The number of carbonyl (C=O) groups is 2. The number of aryl methyl sites for hydroxylation is 1. The minimum absolute atomic E-state index is 0.0302. The van der Waals surface area contributed by atoms with E-state index < -0.39 is 0 Å². The summed E-state index contributed by atoms with van der Waals surface area (Å²) in [5.74, 6) is 0.741. The maximum absolute atomic E-state index is 12.1. The lowest BCUT2D eigenvalue weighted by molar-refractivity contribution is -0.130. The summed E-state index contributed by atoms with van der Waals surface area (Å²) in [5.41, 5.74) is 3.31. The first-order chi connectivity index (χ1) is 13.0. The Morgan fingerprint density at radius 1 is 1.07 bits per heavy atom. The van der Waals surface area contributed by atoms with E-state index in [0.29, 0.717) is 26.1 Å². The molecular weight excluding hydrogens is 340 g/mol. The van der Waals surface area contributed by atoms with Crippen molar-refractivity contribution in [2.24, 2.45) is 0 Å². The number of methoxy groups -OCH3 is 1. The lowest BCUT2D eigenvalue weighted by atomic mass is 10.1. The van der Waals surface area contributed by atoms with Crippen molar-refractivity contribution >= 4 is 11.8 Å². The Labute approximate surface area is 161 Å². The van der Waals surface area contributed by atoms with Crippen LogP contribution in [-0.2, 0) is 22.6 Å². The van der Waals surface area contributed by atoms with Gasteiger partial charge in [-0.15, -0.1) is 0 Å². The van der Waals surface area contributed by atoms with Crippen LogP contribution in [0.15, 0.2) is 48.5 Å². The molecule has 0 saturated heterocycles. The summed E-state index contributed by atoms with van der Waals surface area (Å²) >= 11 is 0.